The minimum absolute atomic E-state index is 0.173. The minimum atomic E-state index is 0.173. The van der Waals surface area contributed by atoms with E-state index in [4.69, 9.17) is 0 Å². The summed E-state index contributed by atoms with van der Waals surface area (Å²) in [5, 5.41) is 6.70. The summed E-state index contributed by atoms with van der Waals surface area (Å²) in [7, 11) is 1.98. The van der Waals surface area contributed by atoms with E-state index in [0.717, 1.165) is 13.1 Å². The van der Waals surface area contributed by atoms with Crippen molar-refractivity contribution in [2.75, 3.05) is 7.05 Å². The Bertz CT molecular complexity index is 300. The standard InChI is InChI=1S/C13H22N2/c1-13(2,3)15-10-12-8-6-5-7-11(12)9-14-4/h5-8,14-15H,9-10H2,1-4H3. The van der Waals surface area contributed by atoms with Gasteiger partial charge in [-0.1, -0.05) is 24.3 Å². The summed E-state index contributed by atoms with van der Waals surface area (Å²) in [6, 6.07) is 8.55. The van der Waals surface area contributed by atoms with Crippen LogP contribution in [0.25, 0.3) is 0 Å². The lowest BCUT2D eigenvalue weighted by atomic mass is 10.0. The molecule has 1 aromatic rings. The van der Waals surface area contributed by atoms with Gasteiger partial charge >= 0.3 is 0 Å². The van der Waals surface area contributed by atoms with Crippen LogP contribution in [-0.2, 0) is 13.1 Å². The molecule has 0 saturated carbocycles. The van der Waals surface area contributed by atoms with Gasteiger partial charge in [-0.2, -0.15) is 0 Å². The molecule has 0 aliphatic heterocycles. The molecule has 0 aliphatic carbocycles. The van der Waals surface area contributed by atoms with Crippen molar-refractivity contribution in [3.05, 3.63) is 35.4 Å². The lowest BCUT2D eigenvalue weighted by Gasteiger charge is -2.21. The van der Waals surface area contributed by atoms with E-state index in [2.05, 4.69) is 55.7 Å². The van der Waals surface area contributed by atoms with Crippen molar-refractivity contribution in [2.45, 2.75) is 39.4 Å². The normalized spacial score (nSPS) is 11.7. The maximum Gasteiger partial charge on any atom is 0.0213 e. The molecule has 1 rings (SSSR count). The van der Waals surface area contributed by atoms with Crippen molar-refractivity contribution < 1.29 is 0 Å². The van der Waals surface area contributed by atoms with Crippen LogP contribution in [0.5, 0.6) is 0 Å². The molecule has 0 saturated heterocycles. The molecule has 0 fully saturated rings. The van der Waals surface area contributed by atoms with Gasteiger partial charge in [-0.3, -0.25) is 0 Å². The van der Waals surface area contributed by atoms with Crippen molar-refractivity contribution >= 4 is 0 Å². The average molecular weight is 206 g/mol. The third-order valence-electron chi connectivity index (χ3n) is 2.29. The van der Waals surface area contributed by atoms with Gasteiger partial charge in [0.1, 0.15) is 0 Å². The van der Waals surface area contributed by atoms with Crippen LogP contribution >= 0.6 is 0 Å². The summed E-state index contributed by atoms with van der Waals surface area (Å²) in [6.45, 7) is 8.43. The molecule has 0 heterocycles. The maximum absolute atomic E-state index is 3.51. The number of rotatable bonds is 4. The first-order valence-electron chi connectivity index (χ1n) is 5.49. The van der Waals surface area contributed by atoms with E-state index in [-0.39, 0.29) is 5.54 Å². The predicted octanol–water partition coefficient (Wildman–Crippen LogP) is 2.29. The lowest BCUT2D eigenvalue weighted by Crippen LogP contribution is -2.35. The van der Waals surface area contributed by atoms with Crippen molar-refractivity contribution in [2.24, 2.45) is 0 Å². The van der Waals surface area contributed by atoms with Crippen LogP contribution in [0.3, 0.4) is 0 Å². The highest BCUT2D eigenvalue weighted by molar-refractivity contribution is 5.27. The van der Waals surface area contributed by atoms with E-state index in [9.17, 15) is 0 Å². The molecular weight excluding hydrogens is 184 g/mol. The molecule has 0 radical (unpaired) electrons. The highest BCUT2D eigenvalue weighted by Gasteiger charge is 2.09. The Morgan fingerprint density at radius 2 is 1.53 bits per heavy atom. The molecule has 2 heteroatoms. The smallest absolute Gasteiger partial charge is 0.0213 e. The van der Waals surface area contributed by atoms with Gasteiger partial charge in [0.25, 0.3) is 0 Å². The summed E-state index contributed by atoms with van der Waals surface area (Å²) >= 11 is 0. The first-order chi connectivity index (χ1) is 7.03. The Balaban J connectivity index is 2.67. The third-order valence-corrected chi connectivity index (χ3v) is 2.29. The zero-order chi connectivity index (χ0) is 11.3. The first-order valence-corrected chi connectivity index (χ1v) is 5.49. The van der Waals surface area contributed by atoms with Crippen LogP contribution in [0.1, 0.15) is 31.9 Å². The highest BCUT2D eigenvalue weighted by atomic mass is 14.9. The molecule has 1 aromatic carbocycles. The second kappa shape index (κ2) is 5.29. The molecule has 0 atom stereocenters. The molecule has 0 bridgehead atoms. The van der Waals surface area contributed by atoms with E-state index in [1.54, 1.807) is 0 Å². The van der Waals surface area contributed by atoms with Crippen molar-refractivity contribution in [3.8, 4) is 0 Å². The van der Waals surface area contributed by atoms with E-state index < -0.39 is 0 Å². The summed E-state index contributed by atoms with van der Waals surface area (Å²) in [5.74, 6) is 0. The third kappa shape index (κ3) is 4.45. The summed E-state index contributed by atoms with van der Waals surface area (Å²) in [6.07, 6.45) is 0. The van der Waals surface area contributed by atoms with Crippen molar-refractivity contribution in [1.82, 2.24) is 10.6 Å². The van der Waals surface area contributed by atoms with Crippen LogP contribution in [-0.4, -0.2) is 12.6 Å². The van der Waals surface area contributed by atoms with E-state index in [0.29, 0.717) is 0 Å². The van der Waals surface area contributed by atoms with Gasteiger partial charge in [0, 0.05) is 18.6 Å². The Hall–Kier alpha value is -0.860. The highest BCUT2D eigenvalue weighted by Crippen LogP contribution is 2.10. The second-order valence-corrected chi connectivity index (χ2v) is 4.90. The molecular formula is C13H22N2. The van der Waals surface area contributed by atoms with Gasteiger partial charge in [-0.15, -0.1) is 0 Å². The number of benzene rings is 1. The average Bonchev–Trinajstić information content (AvgIpc) is 2.16. The van der Waals surface area contributed by atoms with Crippen LogP contribution in [0.2, 0.25) is 0 Å². The Morgan fingerprint density at radius 1 is 1.00 bits per heavy atom. The quantitative estimate of drug-likeness (QED) is 0.790. The SMILES string of the molecule is CNCc1ccccc1CNC(C)(C)C. The second-order valence-electron chi connectivity index (χ2n) is 4.90. The van der Waals surface area contributed by atoms with Gasteiger partial charge in [0.15, 0.2) is 0 Å². The van der Waals surface area contributed by atoms with Gasteiger partial charge in [-0.05, 0) is 38.9 Å². The van der Waals surface area contributed by atoms with Crippen molar-refractivity contribution in [1.29, 1.82) is 0 Å². The van der Waals surface area contributed by atoms with Crippen LogP contribution in [0.15, 0.2) is 24.3 Å². The summed E-state index contributed by atoms with van der Waals surface area (Å²) in [5.41, 5.74) is 2.92. The number of hydrogen-bond acceptors (Lipinski definition) is 2. The fourth-order valence-corrected chi connectivity index (χ4v) is 1.45. The van der Waals surface area contributed by atoms with Gasteiger partial charge in [0.2, 0.25) is 0 Å². The Labute approximate surface area is 93.1 Å². The first kappa shape index (κ1) is 12.2. The molecule has 0 aromatic heterocycles. The molecule has 15 heavy (non-hydrogen) atoms. The van der Waals surface area contributed by atoms with Crippen LogP contribution < -0.4 is 10.6 Å². The topological polar surface area (TPSA) is 24.1 Å². The van der Waals surface area contributed by atoms with E-state index in [1.807, 2.05) is 7.05 Å². The Kier molecular flexibility index (Phi) is 4.30. The maximum atomic E-state index is 3.51. The van der Waals surface area contributed by atoms with E-state index >= 15 is 0 Å². The van der Waals surface area contributed by atoms with Crippen LogP contribution in [0, 0.1) is 0 Å². The fourth-order valence-electron chi connectivity index (χ4n) is 1.45. The number of nitrogens with one attached hydrogen (secondary N) is 2. The molecule has 0 spiro atoms. The van der Waals surface area contributed by atoms with E-state index in [1.165, 1.54) is 11.1 Å². The molecule has 0 aliphatic rings. The Morgan fingerprint density at radius 3 is 2.00 bits per heavy atom. The minimum Gasteiger partial charge on any atom is -0.316 e. The number of hydrogen-bond donors (Lipinski definition) is 2. The molecule has 84 valence electrons. The summed E-state index contributed by atoms with van der Waals surface area (Å²) < 4.78 is 0. The monoisotopic (exact) mass is 206 g/mol. The van der Waals surface area contributed by atoms with Crippen molar-refractivity contribution in [3.63, 3.8) is 0 Å². The van der Waals surface area contributed by atoms with Gasteiger partial charge < -0.3 is 10.6 Å². The van der Waals surface area contributed by atoms with Gasteiger partial charge in [-0.25, -0.2) is 0 Å². The van der Waals surface area contributed by atoms with Gasteiger partial charge in [0.05, 0.1) is 0 Å². The molecule has 0 unspecified atom stereocenters. The largest absolute Gasteiger partial charge is 0.316 e. The lowest BCUT2D eigenvalue weighted by molar-refractivity contribution is 0.423. The zero-order valence-electron chi connectivity index (χ0n) is 10.2. The molecule has 2 N–H and O–H groups in total. The molecule has 2 nitrogen and oxygen atoms in total. The predicted molar refractivity (Wildman–Crippen MR) is 65.8 cm³/mol. The fraction of sp³-hybridized carbons (Fsp3) is 0.538. The zero-order valence-corrected chi connectivity index (χ0v) is 10.2. The summed E-state index contributed by atoms with van der Waals surface area (Å²) in [4.78, 5) is 0. The molecule has 0 amide bonds. The van der Waals surface area contributed by atoms with Crippen LogP contribution in [0.4, 0.5) is 0 Å².